The molecule has 0 saturated carbocycles. The van der Waals surface area contributed by atoms with Crippen molar-refractivity contribution in [3.05, 3.63) is 40.9 Å². The highest BCUT2D eigenvalue weighted by atomic mass is 32.1. The van der Waals surface area contributed by atoms with E-state index in [0.717, 1.165) is 13.0 Å². The number of benzene rings is 1. The Labute approximate surface area is 167 Å². The molecule has 0 unspecified atom stereocenters. The van der Waals surface area contributed by atoms with Gasteiger partial charge in [0.05, 0.1) is 0 Å². The van der Waals surface area contributed by atoms with Crippen LogP contribution in [0.25, 0.3) is 0 Å². The van der Waals surface area contributed by atoms with E-state index in [4.69, 9.17) is 4.74 Å². The van der Waals surface area contributed by atoms with Crippen molar-refractivity contribution in [3.63, 3.8) is 0 Å². The Balaban J connectivity index is 1.82. The van der Waals surface area contributed by atoms with Crippen LogP contribution in [-0.2, 0) is 9.53 Å². The van der Waals surface area contributed by atoms with E-state index in [1.54, 1.807) is 23.6 Å². The normalized spacial score (nSPS) is 10.4. The van der Waals surface area contributed by atoms with E-state index in [0.29, 0.717) is 22.3 Å². The van der Waals surface area contributed by atoms with Crippen LogP contribution in [0.1, 0.15) is 41.1 Å². The van der Waals surface area contributed by atoms with Crippen molar-refractivity contribution >= 4 is 39.9 Å². The van der Waals surface area contributed by atoms with Gasteiger partial charge in [0.1, 0.15) is 0 Å². The van der Waals surface area contributed by atoms with Crippen molar-refractivity contribution in [2.45, 2.75) is 20.3 Å². The third-order valence-electron chi connectivity index (χ3n) is 3.68. The number of nitrogens with one attached hydrogen (secondary N) is 3. The minimum absolute atomic E-state index is 0.159. The largest absolute Gasteiger partial charge is 0.451 e. The molecule has 28 heavy (non-hydrogen) atoms. The van der Waals surface area contributed by atoms with Crippen LogP contribution in [0.4, 0.5) is 10.8 Å². The van der Waals surface area contributed by atoms with E-state index >= 15 is 0 Å². The van der Waals surface area contributed by atoms with Gasteiger partial charge < -0.3 is 20.7 Å². The Hall–Kier alpha value is -2.94. The second kappa shape index (κ2) is 10.4. The van der Waals surface area contributed by atoms with Crippen LogP contribution < -0.4 is 16.0 Å². The molecule has 0 aliphatic rings. The average Bonchev–Trinajstić information content (AvgIpc) is 3.14. The summed E-state index contributed by atoms with van der Waals surface area (Å²) < 4.78 is 5.00. The summed E-state index contributed by atoms with van der Waals surface area (Å²) in [5, 5.41) is 10.5. The molecule has 8 nitrogen and oxygen atoms in total. The van der Waals surface area contributed by atoms with E-state index in [9.17, 15) is 14.4 Å². The second-order valence-corrected chi connectivity index (χ2v) is 7.29. The number of esters is 1. The third-order valence-corrected chi connectivity index (χ3v) is 4.48. The monoisotopic (exact) mass is 404 g/mol. The van der Waals surface area contributed by atoms with Crippen LogP contribution in [0.5, 0.6) is 0 Å². The first-order valence-corrected chi connectivity index (χ1v) is 9.75. The second-order valence-electron chi connectivity index (χ2n) is 6.43. The molecule has 0 fully saturated rings. The van der Waals surface area contributed by atoms with Crippen molar-refractivity contribution in [1.82, 2.24) is 10.3 Å². The third kappa shape index (κ3) is 6.66. The summed E-state index contributed by atoms with van der Waals surface area (Å²) in [5.41, 5.74) is 1.01. The number of thiazole rings is 1. The molecule has 2 amide bonds. The summed E-state index contributed by atoms with van der Waals surface area (Å²) in [5.74, 6) is -0.855. The molecule has 0 aliphatic carbocycles. The fourth-order valence-electron chi connectivity index (χ4n) is 2.20. The predicted molar refractivity (Wildman–Crippen MR) is 109 cm³/mol. The molecule has 1 aromatic heterocycles. The fourth-order valence-corrected chi connectivity index (χ4v) is 2.91. The number of carbonyl (C=O) groups excluding carboxylic acids is 3. The number of anilines is 2. The lowest BCUT2D eigenvalue weighted by molar-refractivity contribution is -0.119. The molecule has 0 atom stereocenters. The molecule has 2 rings (SSSR count). The Morgan fingerprint density at radius 3 is 2.75 bits per heavy atom. The molecule has 0 bridgehead atoms. The first-order chi connectivity index (χ1) is 13.4. The summed E-state index contributed by atoms with van der Waals surface area (Å²) in [6.45, 7) is 4.59. The Morgan fingerprint density at radius 1 is 1.25 bits per heavy atom. The van der Waals surface area contributed by atoms with E-state index in [-0.39, 0.29) is 11.6 Å². The fraction of sp³-hybridized carbons (Fsp3) is 0.368. The highest BCUT2D eigenvalue weighted by Crippen LogP contribution is 2.17. The van der Waals surface area contributed by atoms with Crippen LogP contribution in [0.15, 0.2) is 29.6 Å². The van der Waals surface area contributed by atoms with Gasteiger partial charge in [-0.25, -0.2) is 9.78 Å². The number of hydrogen-bond acceptors (Lipinski definition) is 7. The van der Waals surface area contributed by atoms with Gasteiger partial charge in [0.15, 0.2) is 17.4 Å². The van der Waals surface area contributed by atoms with Gasteiger partial charge in [-0.1, -0.05) is 19.9 Å². The maximum Gasteiger partial charge on any atom is 0.358 e. The lowest BCUT2D eigenvalue weighted by Crippen LogP contribution is -2.22. The minimum Gasteiger partial charge on any atom is -0.451 e. The Morgan fingerprint density at radius 2 is 2.04 bits per heavy atom. The SMILES string of the molecule is CNC(=O)c1cccc(NC(=O)COC(=O)c2csc(NCCC(C)C)n2)c1. The Bertz CT molecular complexity index is 835. The molecule has 9 heteroatoms. The van der Waals surface area contributed by atoms with Crippen LogP contribution in [0.3, 0.4) is 0 Å². The Kier molecular flexibility index (Phi) is 7.94. The predicted octanol–water partition coefficient (Wildman–Crippen LogP) is 2.76. The number of ether oxygens (including phenoxy) is 1. The smallest absolute Gasteiger partial charge is 0.358 e. The van der Waals surface area contributed by atoms with Gasteiger partial charge in [-0.2, -0.15) is 0 Å². The van der Waals surface area contributed by atoms with Gasteiger partial charge in [-0.15, -0.1) is 11.3 Å². The van der Waals surface area contributed by atoms with Crippen molar-refractivity contribution in [2.75, 3.05) is 30.8 Å². The van der Waals surface area contributed by atoms with Gasteiger partial charge in [0.2, 0.25) is 0 Å². The number of carbonyl (C=O) groups is 3. The van der Waals surface area contributed by atoms with Gasteiger partial charge in [-0.05, 0) is 30.5 Å². The molecule has 150 valence electrons. The maximum atomic E-state index is 12.0. The summed E-state index contributed by atoms with van der Waals surface area (Å²) in [6.07, 6.45) is 1.00. The topological polar surface area (TPSA) is 109 Å². The van der Waals surface area contributed by atoms with Gasteiger partial charge in [-0.3, -0.25) is 9.59 Å². The first-order valence-electron chi connectivity index (χ1n) is 8.87. The average molecular weight is 404 g/mol. The maximum absolute atomic E-state index is 12.0. The summed E-state index contributed by atoms with van der Waals surface area (Å²) in [6, 6.07) is 6.45. The van der Waals surface area contributed by atoms with Crippen molar-refractivity contribution in [1.29, 1.82) is 0 Å². The number of aromatic nitrogens is 1. The molecule has 2 aromatic rings. The van der Waals surface area contributed by atoms with Crippen LogP contribution in [0, 0.1) is 5.92 Å². The number of hydrogen-bond donors (Lipinski definition) is 3. The molecule has 0 spiro atoms. The van der Waals surface area contributed by atoms with Crippen LogP contribution >= 0.6 is 11.3 Å². The molecular formula is C19H24N4O4S. The van der Waals surface area contributed by atoms with Gasteiger partial charge >= 0.3 is 5.97 Å². The van der Waals surface area contributed by atoms with Crippen molar-refractivity contribution < 1.29 is 19.1 Å². The van der Waals surface area contributed by atoms with Crippen LogP contribution in [0.2, 0.25) is 0 Å². The zero-order valence-corrected chi connectivity index (χ0v) is 16.9. The van der Waals surface area contributed by atoms with Crippen LogP contribution in [-0.4, -0.2) is 43.0 Å². The lowest BCUT2D eigenvalue weighted by atomic mass is 10.1. The summed E-state index contributed by atoms with van der Waals surface area (Å²) in [4.78, 5) is 39.8. The van der Waals surface area contributed by atoms with Gasteiger partial charge in [0.25, 0.3) is 11.8 Å². The number of amides is 2. The standard InChI is InChI=1S/C19H24N4O4S/c1-12(2)7-8-21-19-23-15(11-28-19)18(26)27-10-16(24)22-14-6-4-5-13(9-14)17(25)20-3/h4-6,9,11-12H,7-8,10H2,1-3H3,(H,20,25)(H,21,23)(H,22,24). The van der Waals surface area contributed by atoms with E-state index in [2.05, 4.69) is 34.8 Å². The molecule has 0 saturated heterocycles. The molecule has 1 aromatic carbocycles. The van der Waals surface area contributed by atoms with Crippen molar-refractivity contribution in [2.24, 2.45) is 5.92 Å². The highest BCUT2D eigenvalue weighted by molar-refractivity contribution is 7.13. The number of rotatable bonds is 9. The summed E-state index contributed by atoms with van der Waals surface area (Å²) >= 11 is 1.31. The quantitative estimate of drug-likeness (QED) is 0.555. The zero-order valence-electron chi connectivity index (χ0n) is 16.1. The van der Waals surface area contributed by atoms with Crippen molar-refractivity contribution in [3.8, 4) is 0 Å². The molecule has 3 N–H and O–H groups in total. The molecule has 1 heterocycles. The lowest BCUT2D eigenvalue weighted by Gasteiger charge is -2.07. The molecular weight excluding hydrogens is 380 g/mol. The summed E-state index contributed by atoms with van der Waals surface area (Å²) in [7, 11) is 1.52. The van der Waals surface area contributed by atoms with E-state index in [1.165, 1.54) is 24.5 Å². The van der Waals surface area contributed by atoms with Gasteiger partial charge in [0, 0.05) is 30.2 Å². The highest BCUT2D eigenvalue weighted by Gasteiger charge is 2.14. The van der Waals surface area contributed by atoms with E-state index < -0.39 is 18.5 Å². The van der Waals surface area contributed by atoms with E-state index in [1.807, 2.05) is 0 Å². The molecule has 0 radical (unpaired) electrons. The zero-order chi connectivity index (χ0) is 20.5. The minimum atomic E-state index is -0.664. The first kappa shape index (κ1) is 21.4. The molecule has 0 aliphatic heterocycles. The number of nitrogens with zero attached hydrogens (tertiary/aromatic N) is 1.